The van der Waals surface area contributed by atoms with Crippen LogP contribution in [0.2, 0.25) is 0 Å². The molecule has 13 heteroatoms. The Kier molecular flexibility index (Phi) is 8.71. The number of likely N-dealkylation sites (tertiary alicyclic amines) is 1. The maximum Gasteiger partial charge on any atom is 0.490 e. The molecule has 1 unspecified atom stereocenters. The van der Waals surface area contributed by atoms with Crippen molar-refractivity contribution in [1.29, 1.82) is 0 Å². The number of halogens is 4. The number of benzene rings is 1. The van der Waals surface area contributed by atoms with Crippen molar-refractivity contribution in [2.45, 2.75) is 51.4 Å². The predicted molar refractivity (Wildman–Crippen MR) is 134 cm³/mol. The molecule has 1 aliphatic carbocycles. The molecule has 0 spiro atoms. The Morgan fingerprint density at radius 1 is 0.950 bits per heavy atom. The fourth-order valence-corrected chi connectivity index (χ4v) is 5.23. The van der Waals surface area contributed by atoms with Gasteiger partial charge in [-0.25, -0.2) is 9.18 Å². The van der Waals surface area contributed by atoms with Gasteiger partial charge in [-0.3, -0.25) is 14.2 Å². The summed E-state index contributed by atoms with van der Waals surface area (Å²) in [5.74, 6) is -3.58. The number of aromatic hydroxyl groups is 2. The number of piperidine rings is 1. The number of alkyl halides is 3. The van der Waals surface area contributed by atoms with Crippen molar-refractivity contribution in [3.8, 4) is 11.5 Å². The molecular formula is C27H31F4N3O6. The second kappa shape index (κ2) is 11.9. The van der Waals surface area contributed by atoms with Gasteiger partial charge in [-0.2, -0.15) is 13.2 Å². The van der Waals surface area contributed by atoms with Crippen LogP contribution >= 0.6 is 0 Å². The first-order valence-electron chi connectivity index (χ1n) is 13.1. The highest BCUT2D eigenvalue weighted by atomic mass is 19.4. The van der Waals surface area contributed by atoms with Gasteiger partial charge in [0.25, 0.3) is 11.5 Å². The molecule has 40 heavy (non-hydrogen) atoms. The SMILES string of the molecule is O=C(O)C(F)(F)F.O=C1c2c(O)c(O)c(CC3CCCN(CC4CC4)C3)c(=O)n2CCN1Cc1ccc(F)cc1. The Hall–Kier alpha value is -3.61. The van der Waals surface area contributed by atoms with E-state index in [1.807, 2.05) is 0 Å². The van der Waals surface area contributed by atoms with Gasteiger partial charge in [0, 0.05) is 32.7 Å². The summed E-state index contributed by atoms with van der Waals surface area (Å²) in [4.78, 5) is 39.2. The molecule has 3 aliphatic rings. The van der Waals surface area contributed by atoms with Gasteiger partial charge >= 0.3 is 12.1 Å². The molecule has 1 amide bonds. The predicted octanol–water partition coefficient (Wildman–Crippen LogP) is 3.35. The molecule has 5 rings (SSSR count). The van der Waals surface area contributed by atoms with Crippen molar-refractivity contribution in [3.05, 3.63) is 57.3 Å². The summed E-state index contributed by atoms with van der Waals surface area (Å²) >= 11 is 0. The van der Waals surface area contributed by atoms with E-state index < -0.39 is 35.1 Å². The van der Waals surface area contributed by atoms with E-state index in [9.17, 15) is 37.4 Å². The first-order chi connectivity index (χ1) is 18.8. The van der Waals surface area contributed by atoms with Crippen LogP contribution in [0.3, 0.4) is 0 Å². The number of aliphatic carboxylic acids is 1. The van der Waals surface area contributed by atoms with E-state index in [-0.39, 0.29) is 36.1 Å². The molecule has 1 aromatic heterocycles. The lowest BCUT2D eigenvalue weighted by Crippen LogP contribution is -2.45. The third-order valence-electron chi connectivity index (χ3n) is 7.43. The quantitative estimate of drug-likeness (QED) is 0.456. The number of pyridine rings is 1. The molecule has 2 aliphatic heterocycles. The second-order valence-electron chi connectivity index (χ2n) is 10.6. The first-order valence-corrected chi connectivity index (χ1v) is 13.1. The number of nitrogens with zero attached hydrogens (tertiary/aromatic N) is 3. The number of carbonyl (C=O) groups is 2. The monoisotopic (exact) mass is 569 g/mol. The van der Waals surface area contributed by atoms with Gasteiger partial charge < -0.3 is 25.1 Å². The van der Waals surface area contributed by atoms with E-state index in [1.165, 1.54) is 34.4 Å². The normalized spacial score (nSPS) is 19.6. The third kappa shape index (κ3) is 6.93. The number of hydrogen-bond acceptors (Lipinski definition) is 6. The van der Waals surface area contributed by atoms with Crippen LogP contribution in [0.5, 0.6) is 11.5 Å². The highest BCUT2D eigenvalue weighted by molar-refractivity contribution is 5.96. The summed E-state index contributed by atoms with van der Waals surface area (Å²) in [6, 6.07) is 5.85. The molecule has 3 N–H and O–H groups in total. The molecule has 0 bridgehead atoms. The summed E-state index contributed by atoms with van der Waals surface area (Å²) in [7, 11) is 0. The standard InChI is InChI=1S/C25H30FN3O4.C2HF3O2/c26-19-7-5-17(6-8-19)15-28-10-11-29-21(25(28)33)23(31)22(30)20(24(29)32)12-18-2-1-9-27(14-18)13-16-3-4-16;3-2(4,5)1(6)7/h5-8,16,18,30-31H,1-4,9-15H2;(H,6,7). The molecular weight excluding hydrogens is 538 g/mol. The van der Waals surface area contributed by atoms with Crippen LogP contribution in [0.1, 0.15) is 47.3 Å². The van der Waals surface area contributed by atoms with Crippen LogP contribution in [0.4, 0.5) is 17.6 Å². The smallest absolute Gasteiger partial charge is 0.490 e. The molecule has 1 aromatic carbocycles. The lowest BCUT2D eigenvalue weighted by atomic mass is 9.90. The number of amides is 1. The van der Waals surface area contributed by atoms with E-state index in [0.29, 0.717) is 13.0 Å². The van der Waals surface area contributed by atoms with Crippen molar-refractivity contribution in [3.63, 3.8) is 0 Å². The van der Waals surface area contributed by atoms with Crippen molar-refractivity contribution in [1.82, 2.24) is 14.4 Å². The number of fused-ring (bicyclic) bond motifs is 1. The zero-order valence-electron chi connectivity index (χ0n) is 21.7. The summed E-state index contributed by atoms with van der Waals surface area (Å²) in [5, 5.41) is 28.6. The Morgan fingerprint density at radius 3 is 2.20 bits per heavy atom. The Labute approximate surface area is 227 Å². The van der Waals surface area contributed by atoms with Gasteiger partial charge in [-0.1, -0.05) is 12.1 Å². The van der Waals surface area contributed by atoms with Crippen molar-refractivity contribution in [2.75, 3.05) is 26.2 Å². The number of hydrogen-bond donors (Lipinski definition) is 3. The average Bonchev–Trinajstić information content (AvgIpc) is 3.72. The fraction of sp³-hybridized carbons (Fsp3) is 0.519. The minimum atomic E-state index is -5.08. The van der Waals surface area contributed by atoms with E-state index in [4.69, 9.17) is 9.90 Å². The van der Waals surface area contributed by atoms with Gasteiger partial charge in [0.15, 0.2) is 17.2 Å². The summed E-state index contributed by atoms with van der Waals surface area (Å²) < 4.78 is 46.2. The minimum Gasteiger partial charge on any atom is -0.504 e. The second-order valence-corrected chi connectivity index (χ2v) is 10.6. The molecule has 218 valence electrons. The van der Waals surface area contributed by atoms with Crippen molar-refractivity contribution in [2.24, 2.45) is 11.8 Å². The summed E-state index contributed by atoms with van der Waals surface area (Å²) in [5.41, 5.74) is 0.381. The van der Waals surface area contributed by atoms with Gasteiger partial charge in [0.05, 0.1) is 5.56 Å². The number of carboxylic acids is 1. The Bertz CT molecular complexity index is 1310. The third-order valence-corrected chi connectivity index (χ3v) is 7.43. The van der Waals surface area contributed by atoms with Gasteiger partial charge in [-0.15, -0.1) is 0 Å². The topological polar surface area (TPSA) is 123 Å². The highest BCUT2D eigenvalue weighted by Gasteiger charge is 2.38. The molecule has 1 saturated carbocycles. The van der Waals surface area contributed by atoms with E-state index >= 15 is 0 Å². The number of aromatic nitrogens is 1. The number of carbonyl (C=O) groups excluding carboxylic acids is 1. The first kappa shape index (κ1) is 29.4. The maximum absolute atomic E-state index is 13.2. The summed E-state index contributed by atoms with van der Waals surface area (Å²) in [6.07, 6.45) is -0.0459. The van der Waals surface area contributed by atoms with Crippen LogP contribution in [-0.2, 0) is 24.3 Å². The molecule has 2 aromatic rings. The van der Waals surface area contributed by atoms with Crippen molar-refractivity contribution >= 4 is 11.9 Å². The van der Waals surface area contributed by atoms with Gasteiger partial charge in [0.2, 0.25) is 0 Å². The zero-order chi connectivity index (χ0) is 29.2. The summed E-state index contributed by atoms with van der Waals surface area (Å²) in [6.45, 7) is 3.84. The van der Waals surface area contributed by atoms with Gasteiger partial charge in [-0.05, 0) is 68.2 Å². The van der Waals surface area contributed by atoms with Crippen molar-refractivity contribution < 1.29 is 42.5 Å². The molecule has 9 nitrogen and oxygen atoms in total. The Morgan fingerprint density at radius 2 is 1.60 bits per heavy atom. The van der Waals surface area contributed by atoms with E-state index in [2.05, 4.69) is 4.90 Å². The lowest BCUT2D eigenvalue weighted by Gasteiger charge is -2.33. The van der Waals surface area contributed by atoms with Crippen LogP contribution < -0.4 is 5.56 Å². The Balaban J connectivity index is 0.000000470. The lowest BCUT2D eigenvalue weighted by molar-refractivity contribution is -0.192. The van der Waals surface area contributed by atoms with Crippen LogP contribution in [0.25, 0.3) is 0 Å². The molecule has 0 radical (unpaired) electrons. The number of rotatable bonds is 6. The van der Waals surface area contributed by atoms with Crippen LogP contribution in [0, 0.1) is 17.7 Å². The average molecular weight is 570 g/mol. The molecule has 1 saturated heterocycles. The largest absolute Gasteiger partial charge is 0.504 e. The maximum atomic E-state index is 13.2. The van der Waals surface area contributed by atoms with E-state index in [0.717, 1.165) is 44.0 Å². The highest BCUT2D eigenvalue weighted by Crippen LogP contribution is 2.36. The molecule has 3 heterocycles. The van der Waals surface area contributed by atoms with Gasteiger partial charge in [0.1, 0.15) is 5.82 Å². The van der Waals surface area contributed by atoms with E-state index in [1.54, 1.807) is 12.1 Å². The fourth-order valence-electron chi connectivity index (χ4n) is 5.23. The zero-order valence-corrected chi connectivity index (χ0v) is 21.7. The number of carboxylic acid groups (broad SMARTS) is 1. The van der Waals surface area contributed by atoms with Crippen LogP contribution in [-0.4, -0.2) is 73.9 Å². The molecule has 2 fully saturated rings. The minimum absolute atomic E-state index is 0.173. The van der Waals surface area contributed by atoms with Crippen LogP contribution in [0.15, 0.2) is 29.1 Å². The molecule has 1 atom stereocenters.